The van der Waals surface area contributed by atoms with Gasteiger partial charge in [0, 0.05) is 11.4 Å². The van der Waals surface area contributed by atoms with Gasteiger partial charge in [-0.25, -0.2) is 4.39 Å². The van der Waals surface area contributed by atoms with Crippen molar-refractivity contribution < 1.29 is 9.18 Å². The average molecular weight is 282 g/mol. The fraction of sp³-hybridized carbons (Fsp3) is 0.231. The molecule has 4 nitrogen and oxygen atoms in total. The molecule has 0 saturated carbocycles. The van der Waals surface area contributed by atoms with Crippen LogP contribution in [0.5, 0.6) is 0 Å². The van der Waals surface area contributed by atoms with Gasteiger partial charge in [0.1, 0.15) is 5.82 Å². The number of hydrogen-bond acceptors (Lipinski definition) is 2. The van der Waals surface area contributed by atoms with Gasteiger partial charge in [-0.2, -0.15) is 5.10 Å². The number of H-pyrrole nitrogens is 1. The maximum atomic E-state index is 13.0. The lowest BCUT2D eigenvalue weighted by atomic mass is 10.1. The Morgan fingerprint density at radius 1 is 1.42 bits per heavy atom. The third-order valence-corrected chi connectivity index (χ3v) is 2.92. The normalized spacial score (nSPS) is 10.8. The Morgan fingerprint density at radius 2 is 2.16 bits per heavy atom. The molecule has 6 heteroatoms. The molecule has 1 aromatic carbocycles. The van der Waals surface area contributed by atoms with Crippen LogP contribution in [0.2, 0.25) is 5.02 Å². The van der Waals surface area contributed by atoms with Crippen molar-refractivity contribution in [1.82, 2.24) is 10.2 Å². The first-order valence-electron chi connectivity index (χ1n) is 5.79. The molecule has 0 aliphatic rings. The molecule has 0 fully saturated rings. The summed E-state index contributed by atoms with van der Waals surface area (Å²) in [5, 5.41) is 9.29. The van der Waals surface area contributed by atoms with Crippen LogP contribution in [0, 0.1) is 5.82 Å². The average Bonchev–Trinajstić information content (AvgIpc) is 2.83. The Hall–Kier alpha value is -1.88. The Morgan fingerprint density at radius 3 is 2.74 bits per heavy atom. The molecular weight excluding hydrogens is 269 g/mol. The van der Waals surface area contributed by atoms with E-state index in [0.29, 0.717) is 5.69 Å². The molecule has 0 unspecified atom stereocenters. The Balaban J connectivity index is 2.13. The predicted molar refractivity (Wildman–Crippen MR) is 72.0 cm³/mol. The van der Waals surface area contributed by atoms with Crippen LogP contribution in [0.15, 0.2) is 24.3 Å². The third kappa shape index (κ3) is 3.12. The number of nitrogens with one attached hydrogen (secondary N) is 2. The van der Waals surface area contributed by atoms with E-state index in [1.54, 1.807) is 6.07 Å². The Bertz CT molecular complexity index is 610. The molecule has 1 heterocycles. The summed E-state index contributed by atoms with van der Waals surface area (Å²) in [4.78, 5) is 11.9. The van der Waals surface area contributed by atoms with E-state index in [1.165, 1.54) is 18.2 Å². The van der Waals surface area contributed by atoms with Gasteiger partial charge in [0.2, 0.25) is 0 Å². The number of aromatic amines is 1. The first kappa shape index (κ1) is 13.5. The molecule has 0 bridgehead atoms. The maximum absolute atomic E-state index is 13.0. The summed E-state index contributed by atoms with van der Waals surface area (Å²) in [5.41, 5.74) is 1.58. The van der Waals surface area contributed by atoms with Crippen LogP contribution >= 0.6 is 11.6 Å². The molecule has 100 valence electrons. The number of carbonyl (C=O) groups excluding carboxylic acids is 1. The number of halogens is 2. The lowest BCUT2D eigenvalue weighted by molar-refractivity contribution is 0.102. The van der Waals surface area contributed by atoms with Crippen molar-refractivity contribution >= 4 is 23.2 Å². The number of nitrogens with zero attached hydrogens (tertiary/aromatic N) is 1. The van der Waals surface area contributed by atoms with E-state index in [1.807, 2.05) is 13.8 Å². The van der Waals surface area contributed by atoms with E-state index >= 15 is 0 Å². The molecule has 1 amide bonds. The highest BCUT2D eigenvalue weighted by Gasteiger charge is 2.12. The van der Waals surface area contributed by atoms with Crippen LogP contribution in [0.25, 0.3) is 0 Å². The summed E-state index contributed by atoms with van der Waals surface area (Å²) in [5.74, 6) is -0.637. The smallest absolute Gasteiger partial charge is 0.276 e. The fourth-order valence-electron chi connectivity index (χ4n) is 1.52. The monoisotopic (exact) mass is 281 g/mol. The van der Waals surface area contributed by atoms with Gasteiger partial charge in [0.15, 0.2) is 5.69 Å². The van der Waals surface area contributed by atoms with Crippen LogP contribution < -0.4 is 5.32 Å². The second-order valence-corrected chi connectivity index (χ2v) is 4.85. The lowest BCUT2D eigenvalue weighted by Crippen LogP contribution is -2.12. The standard InChI is InChI=1S/C13H13ClFN3O/c1-7(2)11-6-12(18-17-11)13(19)16-8-3-4-10(15)9(14)5-8/h3-7H,1-2H3,(H,16,19)(H,17,18). The Kier molecular flexibility index (Phi) is 3.85. The van der Waals surface area contributed by atoms with Gasteiger partial charge < -0.3 is 5.32 Å². The zero-order valence-electron chi connectivity index (χ0n) is 10.5. The van der Waals surface area contributed by atoms with Crippen LogP contribution in [-0.4, -0.2) is 16.1 Å². The highest BCUT2D eigenvalue weighted by atomic mass is 35.5. The summed E-state index contributed by atoms with van der Waals surface area (Å²) in [6.07, 6.45) is 0. The summed E-state index contributed by atoms with van der Waals surface area (Å²) < 4.78 is 13.0. The molecule has 0 aliphatic carbocycles. The number of benzene rings is 1. The zero-order valence-corrected chi connectivity index (χ0v) is 11.3. The zero-order chi connectivity index (χ0) is 14.0. The molecule has 0 aliphatic heterocycles. The third-order valence-electron chi connectivity index (χ3n) is 2.63. The number of amides is 1. The number of carbonyl (C=O) groups is 1. The van der Waals surface area contributed by atoms with E-state index in [0.717, 1.165) is 5.69 Å². The first-order valence-corrected chi connectivity index (χ1v) is 6.17. The second-order valence-electron chi connectivity index (χ2n) is 4.45. The number of anilines is 1. The van der Waals surface area contributed by atoms with Crippen molar-refractivity contribution in [2.45, 2.75) is 19.8 Å². The number of rotatable bonds is 3. The van der Waals surface area contributed by atoms with Gasteiger partial charge in [-0.1, -0.05) is 25.4 Å². The number of hydrogen-bond donors (Lipinski definition) is 2. The minimum atomic E-state index is -0.526. The van der Waals surface area contributed by atoms with E-state index in [2.05, 4.69) is 15.5 Å². The first-order chi connectivity index (χ1) is 8.97. The molecule has 2 N–H and O–H groups in total. The molecule has 2 rings (SSSR count). The lowest BCUT2D eigenvalue weighted by Gasteiger charge is -2.03. The van der Waals surface area contributed by atoms with Gasteiger partial charge in [0.05, 0.1) is 5.02 Å². The van der Waals surface area contributed by atoms with Gasteiger partial charge in [-0.15, -0.1) is 0 Å². The molecule has 0 spiro atoms. The maximum Gasteiger partial charge on any atom is 0.276 e. The molecular formula is C13H13ClFN3O. The van der Waals surface area contributed by atoms with Crippen molar-refractivity contribution in [3.05, 3.63) is 46.5 Å². The van der Waals surface area contributed by atoms with E-state index in [4.69, 9.17) is 11.6 Å². The Labute approximate surface area is 115 Å². The van der Waals surface area contributed by atoms with Crippen molar-refractivity contribution in [2.24, 2.45) is 0 Å². The van der Waals surface area contributed by atoms with Gasteiger partial charge in [-0.05, 0) is 30.2 Å². The SMILES string of the molecule is CC(C)c1cc(C(=O)Nc2ccc(F)c(Cl)c2)n[nH]1. The van der Waals surface area contributed by atoms with Crippen LogP contribution in [0.3, 0.4) is 0 Å². The van der Waals surface area contributed by atoms with Crippen LogP contribution in [0.1, 0.15) is 35.9 Å². The summed E-state index contributed by atoms with van der Waals surface area (Å²) in [6.45, 7) is 3.99. The van der Waals surface area contributed by atoms with Crippen molar-refractivity contribution in [3.8, 4) is 0 Å². The molecule has 0 radical (unpaired) electrons. The molecule has 0 atom stereocenters. The topological polar surface area (TPSA) is 57.8 Å². The van der Waals surface area contributed by atoms with Gasteiger partial charge in [-0.3, -0.25) is 9.89 Å². The molecule has 1 aromatic heterocycles. The highest BCUT2D eigenvalue weighted by molar-refractivity contribution is 6.31. The highest BCUT2D eigenvalue weighted by Crippen LogP contribution is 2.20. The van der Waals surface area contributed by atoms with Crippen LogP contribution in [0.4, 0.5) is 10.1 Å². The molecule has 19 heavy (non-hydrogen) atoms. The summed E-state index contributed by atoms with van der Waals surface area (Å²) in [7, 11) is 0. The van der Waals surface area contributed by atoms with E-state index in [9.17, 15) is 9.18 Å². The summed E-state index contributed by atoms with van der Waals surface area (Å²) >= 11 is 5.64. The number of aromatic nitrogens is 2. The van der Waals surface area contributed by atoms with E-state index < -0.39 is 5.82 Å². The van der Waals surface area contributed by atoms with Gasteiger partial charge >= 0.3 is 0 Å². The van der Waals surface area contributed by atoms with E-state index in [-0.39, 0.29) is 22.5 Å². The molecule has 2 aromatic rings. The van der Waals surface area contributed by atoms with Crippen LogP contribution in [-0.2, 0) is 0 Å². The quantitative estimate of drug-likeness (QED) is 0.903. The second kappa shape index (κ2) is 5.40. The summed E-state index contributed by atoms with van der Waals surface area (Å²) in [6, 6.07) is 5.67. The minimum Gasteiger partial charge on any atom is -0.321 e. The van der Waals surface area contributed by atoms with Crippen molar-refractivity contribution in [3.63, 3.8) is 0 Å². The van der Waals surface area contributed by atoms with Crippen molar-refractivity contribution in [1.29, 1.82) is 0 Å². The van der Waals surface area contributed by atoms with Crippen molar-refractivity contribution in [2.75, 3.05) is 5.32 Å². The molecule has 0 saturated heterocycles. The van der Waals surface area contributed by atoms with Gasteiger partial charge in [0.25, 0.3) is 5.91 Å². The fourth-order valence-corrected chi connectivity index (χ4v) is 1.70. The minimum absolute atomic E-state index is 0.0392. The largest absolute Gasteiger partial charge is 0.321 e. The predicted octanol–water partition coefficient (Wildman–Crippen LogP) is 3.58.